The molecule has 0 bridgehead atoms. The quantitative estimate of drug-likeness (QED) is 0.514. The summed E-state index contributed by atoms with van der Waals surface area (Å²) in [4.78, 5) is 35.5. The third-order valence-electron chi connectivity index (χ3n) is 1.42. The Morgan fingerprint density at radius 3 is 2.85 bits per heavy atom. The molecule has 1 heterocycles. The Balaban J connectivity index is 2.50. The van der Waals surface area contributed by atoms with Crippen molar-refractivity contribution >= 4 is 12.1 Å². The lowest BCUT2D eigenvalue weighted by molar-refractivity contribution is -0.788. The van der Waals surface area contributed by atoms with E-state index in [0.29, 0.717) is 0 Å². The van der Waals surface area contributed by atoms with Crippen LogP contribution in [0.25, 0.3) is 0 Å². The normalized spacial score (nSPS) is 23.6. The summed E-state index contributed by atoms with van der Waals surface area (Å²) in [6, 6.07) is -0.955. The van der Waals surface area contributed by atoms with Gasteiger partial charge in [-0.3, -0.25) is 4.79 Å². The van der Waals surface area contributed by atoms with E-state index in [1.807, 2.05) is 0 Å². The van der Waals surface area contributed by atoms with Crippen molar-refractivity contribution < 1.29 is 24.5 Å². The molecule has 3 N–H and O–H groups in total. The van der Waals surface area contributed by atoms with E-state index in [4.69, 9.17) is 5.11 Å². The number of carboxylic acids is 1. The first-order valence-corrected chi connectivity index (χ1v) is 3.44. The summed E-state index contributed by atoms with van der Waals surface area (Å²) in [6.45, 7) is 1.33. The van der Waals surface area contributed by atoms with E-state index in [1.165, 1.54) is 6.92 Å². The molecule has 1 amide bonds. The van der Waals surface area contributed by atoms with Gasteiger partial charge in [0.15, 0.2) is 0 Å². The highest BCUT2D eigenvalue weighted by molar-refractivity contribution is 5.73. The molecule has 8 heteroatoms. The monoisotopic (exact) mass is 190 g/mol. The van der Waals surface area contributed by atoms with Crippen LogP contribution in [-0.2, 0) is 9.63 Å². The van der Waals surface area contributed by atoms with E-state index in [9.17, 15) is 14.5 Å². The van der Waals surface area contributed by atoms with Gasteiger partial charge >= 0.3 is 18.4 Å². The molecule has 0 aromatic heterocycles. The van der Waals surface area contributed by atoms with Crippen LogP contribution in [0.2, 0.25) is 0 Å². The van der Waals surface area contributed by atoms with E-state index >= 15 is 0 Å². The molecule has 1 unspecified atom stereocenters. The zero-order valence-electron chi connectivity index (χ0n) is 6.68. The van der Waals surface area contributed by atoms with Crippen LogP contribution in [0.1, 0.15) is 6.92 Å². The Hall–Kier alpha value is -1.70. The van der Waals surface area contributed by atoms with Gasteiger partial charge < -0.3 is 5.11 Å². The lowest BCUT2D eigenvalue weighted by Gasteiger charge is -2.05. The minimum atomic E-state index is -1.15. The van der Waals surface area contributed by atoms with Gasteiger partial charge in [-0.25, -0.2) is 15.4 Å². The Morgan fingerprint density at radius 1 is 1.85 bits per heavy atom. The molecule has 2 atom stereocenters. The maximum atomic E-state index is 10.7. The van der Waals surface area contributed by atoms with Crippen LogP contribution in [0.15, 0.2) is 0 Å². The first-order valence-electron chi connectivity index (χ1n) is 3.44. The molecular weight excluding hydrogens is 182 g/mol. The number of hydrogen-bond donors (Lipinski definition) is 3. The third kappa shape index (κ3) is 2.12. The van der Waals surface area contributed by atoms with Crippen LogP contribution in [0.5, 0.6) is 0 Å². The molecule has 1 fully saturated rings. The first kappa shape index (κ1) is 9.39. The van der Waals surface area contributed by atoms with Gasteiger partial charge in [0.1, 0.15) is 6.04 Å². The number of rotatable bonds is 3. The highest BCUT2D eigenvalue weighted by Crippen LogP contribution is 1.97. The minimum absolute atomic E-state index is 0.0399. The average Bonchev–Trinajstić information content (AvgIpc) is 2.30. The first-order chi connectivity index (χ1) is 6.00. The molecule has 1 saturated heterocycles. The Labute approximate surface area is 72.4 Å². The van der Waals surface area contributed by atoms with Crippen LogP contribution in [0, 0.1) is 4.91 Å². The van der Waals surface area contributed by atoms with Crippen molar-refractivity contribution in [2.24, 2.45) is 0 Å². The second kappa shape index (κ2) is 3.35. The van der Waals surface area contributed by atoms with Crippen molar-refractivity contribution in [3.8, 4) is 0 Å². The van der Waals surface area contributed by atoms with Gasteiger partial charge in [0, 0.05) is 0 Å². The molecule has 0 aliphatic carbocycles. The van der Waals surface area contributed by atoms with Crippen LogP contribution < -0.4 is 10.6 Å². The fraction of sp³-hybridized carbons (Fsp3) is 0.600. The van der Waals surface area contributed by atoms with Crippen LogP contribution in [-0.4, -0.2) is 34.4 Å². The van der Waals surface area contributed by atoms with E-state index < -0.39 is 24.4 Å². The zero-order chi connectivity index (χ0) is 10.0. The number of carbonyl (C=O) groups excluding carboxylic acids is 1. The fourth-order valence-electron chi connectivity index (χ4n) is 0.736. The average molecular weight is 190 g/mol. The molecule has 0 aromatic carbocycles. The molecule has 0 spiro atoms. The summed E-state index contributed by atoms with van der Waals surface area (Å²) in [7, 11) is 0. The van der Waals surface area contributed by atoms with Gasteiger partial charge in [-0.15, -0.1) is 4.84 Å². The number of carboxylic acid groups (broad SMARTS) is 1. The summed E-state index contributed by atoms with van der Waals surface area (Å²) in [6.07, 6.45) is -2.07. The van der Waals surface area contributed by atoms with Crippen molar-refractivity contribution in [3.63, 3.8) is 0 Å². The summed E-state index contributed by atoms with van der Waals surface area (Å²) in [5.41, 5.74) is 0. The largest absolute Gasteiger partial charge is 0.487 e. The molecule has 0 radical (unpaired) electrons. The molecule has 1 aliphatic heterocycles. The maximum absolute atomic E-state index is 10.7. The highest BCUT2D eigenvalue weighted by Gasteiger charge is 2.42. The number of carbonyl (C=O) groups is 2. The van der Waals surface area contributed by atoms with Crippen molar-refractivity contribution in [1.82, 2.24) is 10.6 Å². The van der Waals surface area contributed by atoms with Gasteiger partial charge in [-0.1, -0.05) is 0 Å². The van der Waals surface area contributed by atoms with E-state index in [-0.39, 0.29) is 4.92 Å². The summed E-state index contributed by atoms with van der Waals surface area (Å²) < 4.78 is 0. The van der Waals surface area contributed by atoms with Crippen LogP contribution in [0.4, 0.5) is 4.79 Å². The summed E-state index contributed by atoms with van der Waals surface area (Å²) in [5.74, 6) is -1.13. The zero-order valence-corrected chi connectivity index (χ0v) is 6.68. The maximum Gasteiger partial charge on any atom is 0.487 e. The Morgan fingerprint density at radius 2 is 2.46 bits per heavy atom. The van der Waals surface area contributed by atoms with Crippen LogP contribution in [0.3, 0.4) is 0 Å². The van der Waals surface area contributed by atoms with Crippen molar-refractivity contribution in [3.05, 3.63) is 4.91 Å². The Kier molecular flexibility index (Phi) is 2.42. The number of amides is 1. The van der Waals surface area contributed by atoms with E-state index in [0.717, 1.165) is 0 Å². The minimum Gasteiger partial charge on any atom is -0.480 e. The number of nitrogens with zero attached hydrogens (tertiary/aromatic N) is 1. The second-order valence-corrected chi connectivity index (χ2v) is 2.44. The van der Waals surface area contributed by atoms with Gasteiger partial charge in [-0.2, -0.15) is 0 Å². The summed E-state index contributed by atoms with van der Waals surface area (Å²) in [5, 5.41) is 12.8. The van der Waals surface area contributed by atoms with Crippen molar-refractivity contribution in [2.75, 3.05) is 0 Å². The molecule has 1 aliphatic rings. The van der Waals surface area contributed by atoms with E-state index in [2.05, 4.69) is 15.5 Å². The van der Waals surface area contributed by atoms with Crippen molar-refractivity contribution in [1.29, 1.82) is 0 Å². The smallest absolute Gasteiger partial charge is 0.480 e. The van der Waals surface area contributed by atoms with Gasteiger partial charge in [0.05, 0.1) is 4.91 Å². The van der Waals surface area contributed by atoms with Gasteiger partial charge in [0.2, 0.25) is 0 Å². The molecule has 8 nitrogen and oxygen atoms in total. The molecule has 13 heavy (non-hydrogen) atoms. The van der Waals surface area contributed by atoms with Crippen LogP contribution >= 0.6 is 0 Å². The number of aliphatic carboxylic acids is 1. The van der Waals surface area contributed by atoms with Crippen molar-refractivity contribution in [2.45, 2.75) is 19.3 Å². The van der Waals surface area contributed by atoms with Gasteiger partial charge in [-0.05, 0) is 6.92 Å². The molecule has 1 rings (SSSR count). The SMILES string of the molecule is C[C@H](NC1NC(=O)O[N+]1=O)C(=O)O. The fourth-order valence-corrected chi connectivity index (χ4v) is 0.736. The second-order valence-electron chi connectivity index (χ2n) is 2.44. The third-order valence-corrected chi connectivity index (χ3v) is 1.42. The standard InChI is InChI=1S/C5H7N3O5/c1-2(3(9)10)6-4-7-5(11)13-8(4)12/h2,4,6H,1H3,(H-,7,9,10,11)/p+1/t2-,4?/m0/s1. The Bertz CT molecular complexity index is 265. The van der Waals surface area contributed by atoms with E-state index in [1.54, 1.807) is 0 Å². The number of nitrogens with one attached hydrogen (secondary N) is 2. The molecule has 0 saturated carbocycles. The number of hydrogen-bond acceptors (Lipinski definition) is 5. The lowest BCUT2D eigenvalue weighted by atomic mass is 10.3. The predicted octanol–water partition coefficient (Wildman–Crippen LogP) is -1.23. The molecule has 72 valence electrons. The highest BCUT2D eigenvalue weighted by atomic mass is 16.8. The summed E-state index contributed by atoms with van der Waals surface area (Å²) >= 11 is 0. The predicted molar refractivity (Wildman–Crippen MR) is 37.3 cm³/mol. The lowest BCUT2D eigenvalue weighted by Crippen LogP contribution is -2.50. The molecule has 0 aromatic rings. The topological polar surface area (TPSA) is 108 Å². The van der Waals surface area contributed by atoms with Gasteiger partial charge in [0.25, 0.3) is 4.92 Å². The molecular formula is C5H8N3O5+.